The topological polar surface area (TPSA) is 58.6 Å². The number of likely N-dealkylation sites (tertiary alicyclic amines) is 1. The maximum absolute atomic E-state index is 13.4. The molecule has 1 atom stereocenters. The van der Waals surface area contributed by atoms with Crippen LogP contribution in [-0.4, -0.2) is 59.2 Å². The van der Waals surface area contributed by atoms with Gasteiger partial charge in [0.1, 0.15) is 17.7 Å². The fraction of sp³-hybridized carbons (Fsp3) is 0.400. The number of halogens is 1. The Morgan fingerprint density at radius 1 is 1.12 bits per heavy atom. The molecule has 6 nitrogen and oxygen atoms in total. The number of fused-ring (bicyclic) bond motifs is 1. The van der Waals surface area contributed by atoms with Crippen LogP contribution in [-0.2, 0) is 4.79 Å². The Kier molecular flexibility index (Phi) is 5.64. The second-order valence-electron chi connectivity index (χ2n) is 8.66. The summed E-state index contributed by atoms with van der Waals surface area (Å²) in [6, 6.07) is 12.3. The van der Waals surface area contributed by atoms with Gasteiger partial charge in [0.25, 0.3) is 5.91 Å². The Morgan fingerprint density at radius 2 is 1.88 bits per heavy atom. The minimum Gasteiger partial charge on any atom is -0.486 e. The van der Waals surface area contributed by atoms with E-state index in [9.17, 15) is 9.18 Å². The largest absolute Gasteiger partial charge is 0.486 e. The van der Waals surface area contributed by atoms with E-state index < -0.39 is 12.1 Å². The lowest BCUT2D eigenvalue weighted by Crippen LogP contribution is -2.54. The molecule has 2 aliphatic rings. The monoisotopic (exact) mass is 434 g/mol. The predicted molar refractivity (Wildman–Crippen MR) is 122 cm³/mol. The Morgan fingerprint density at radius 3 is 2.62 bits per heavy atom. The van der Waals surface area contributed by atoms with Crippen molar-refractivity contribution < 1.29 is 13.9 Å². The van der Waals surface area contributed by atoms with E-state index in [0.717, 1.165) is 48.4 Å². The van der Waals surface area contributed by atoms with E-state index in [2.05, 4.69) is 33.1 Å². The Balaban J connectivity index is 1.21. The van der Waals surface area contributed by atoms with Crippen LogP contribution in [0.2, 0.25) is 0 Å². The summed E-state index contributed by atoms with van der Waals surface area (Å²) in [5, 5.41) is 2.32. The second kappa shape index (κ2) is 8.73. The molecule has 0 spiro atoms. The van der Waals surface area contributed by atoms with Gasteiger partial charge < -0.3 is 14.5 Å². The number of rotatable bonds is 5. The standard InChI is InChI=1S/C25H27FN4O2/c1-17(26)25(31)29-10-7-18(8-11-29)22-14-27-9-6-23(22)32-21-15-30(16-21)24-12-19-4-2-3-5-20(19)13-28-24/h2-6,9,12-14,17-18,21H,7-8,10-11,15-16H2,1H3. The van der Waals surface area contributed by atoms with Crippen LogP contribution in [0, 0.1) is 0 Å². The van der Waals surface area contributed by atoms with E-state index in [1.165, 1.54) is 12.3 Å². The highest BCUT2D eigenvalue weighted by Crippen LogP contribution is 2.35. The van der Waals surface area contributed by atoms with Crippen LogP contribution in [0.4, 0.5) is 10.2 Å². The van der Waals surface area contributed by atoms with E-state index >= 15 is 0 Å². The van der Waals surface area contributed by atoms with Crippen molar-refractivity contribution in [2.45, 2.75) is 38.0 Å². The van der Waals surface area contributed by atoms with Crippen molar-refractivity contribution in [2.24, 2.45) is 0 Å². The summed E-state index contributed by atoms with van der Waals surface area (Å²) in [6.07, 6.45) is 5.78. The van der Waals surface area contributed by atoms with Gasteiger partial charge in [0.15, 0.2) is 6.17 Å². The van der Waals surface area contributed by atoms with Gasteiger partial charge in [0.05, 0.1) is 13.1 Å². The van der Waals surface area contributed by atoms with Gasteiger partial charge in [0.2, 0.25) is 0 Å². The molecule has 2 aromatic heterocycles. The fourth-order valence-corrected chi connectivity index (χ4v) is 4.59. The Bertz CT molecular complexity index is 1110. The molecule has 1 unspecified atom stereocenters. The van der Waals surface area contributed by atoms with Crippen LogP contribution in [0.3, 0.4) is 0 Å². The molecule has 0 bridgehead atoms. The number of ether oxygens (including phenoxy) is 1. The van der Waals surface area contributed by atoms with Crippen LogP contribution in [0.5, 0.6) is 5.75 Å². The van der Waals surface area contributed by atoms with Crippen LogP contribution >= 0.6 is 0 Å². The number of alkyl halides is 1. The molecule has 0 radical (unpaired) electrons. The molecule has 4 heterocycles. The van der Waals surface area contributed by atoms with Gasteiger partial charge in [-0.1, -0.05) is 24.3 Å². The SMILES string of the molecule is CC(F)C(=O)N1CCC(c2cnccc2OC2CN(c3cc4ccccc4cn3)C2)CC1. The minimum absolute atomic E-state index is 0.0958. The molecule has 2 saturated heterocycles. The number of benzene rings is 1. The smallest absolute Gasteiger partial charge is 0.256 e. The maximum Gasteiger partial charge on any atom is 0.256 e. The fourth-order valence-electron chi connectivity index (χ4n) is 4.59. The van der Waals surface area contributed by atoms with Crippen LogP contribution < -0.4 is 9.64 Å². The van der Waals surface area contributed by atoms with E-state index in [1.807, 2.05) is 30.6 Å². The van der Waals surface area contributed by atoms with E-state index in [1.54, 1.807) is 11.1 Å². The van der Waals surface area contributed by atoms with Gasteiger partial charge in [-0.15, -0.1) is 0 Å². The third-order valence-corrected chi connectivity index (χ3v) is 6.48. The molecule has 2 fully saturated rings. The highest BCUT2D eigenvalue weighted by atomic mass is 19.1. The molecule has 1 amide bonds. The quantitative estimate of drug-likeness (QED) is 0.608. The number of hydrogen-bond donors (Lipinski definition) is 0. The summed E-state index contributed by atoms with van der Waals surface area (Å²) in [7, 11) is 0. The molecule has 3 aromatic rings. The van der Waals surface area contributed by atoms with Crippen LogP contribution in [0.25, 0.3) is 10.8 Å². The van der Waals surface area contributed by atoms with E-state index in [4.69, 9.17) is 4.74 Å². The van der Waals surface area contributed by atoms with Crippen LogP contribution in [0.1, 0.15) is 31.2 Å². The average Bonchev–Trinajstić information content (AvgIpc) is 2.80. The summed E-state index contributed by atoms with van der Waals surface area (Å²) in [4.78, 5) is 24.7. The average molecular weight is 435 g/mol. The van der Waals surface area contributed by atoms with Crippen molar-refractivity contribution in [3.05, 3.63) is 60.6 Å². The van der Waals surface area contributed by atoms with E-state index in [-0.39, 0.29) is 12.0 Å². The first kappa shape index (κ1) is 20.7. The van der Waals surface area contributed by atoms with Gasteiger partial charge in [-0.3, -0.25) is 9.78 Å². The molecular formula is C25H27FN4O2. The lowest BCUT2D eigenvalue weighted by molar-refractivity contribution is -0.136. The Labute approximate surface area is 187 Å². The third-order valence-electron chi connectivity index (χ3n) is 6.48. The summed E-state index contributed by atoms with van der Waals surface area (Å²) in [5.41, 5.74) is 1.08. The van der Waals surface area contributed by atoms with Gasteiger partial charge in [-0.2, -0.15) is 0 Å². The molecule has 5 rings (SSSR count). The van der Waals surface area contributed by atoms with Gasteiger partial charge >= 0.3 is 0 Å². The molecule has 32 heavy (non-hydrogen) atoms. The number of nitrogens with zero attached hydrogens (tertiary/aromatic N) is 4. The number of carbonyl (C=O) groups is 1. The van der Waals surface area contributed by atoms with Crippen molar-refractivity contribution in [1.82, 2.24) is 14.9 Å². The first-order valence-electron chi connectivity index (χ1n) is 11.2. The highest BCUT2D eigenvalue weighted by molar-refractivity contribution is 5.84. The molecule has 0 N–H and O–H groups in total. The number of aromatic nitrogens is 2. The second-order valence-corrected chi connectivity index (χ2v) is 8.66. The van der Waals surface area contributed by atoms with Gasteiger partial charge in [-0.05, 0) is 43.2 Å². The molecule has 166 valence electrons. The molecule has 0 saturated carbocycles. The van der Waals surface area contributed by atoms with Crippen molar-refractivity contribution in [3.8, 4) is 5.75 Å². The van der Waals surface area contributed by atoms with Gasteiger partial charge in [0, 0.05) is 42.6 Å². The zero-order valence-electron chi connectivity index (χ0n) is 18.2. The molecule has 7 heteroatoms. The van der Waals surface area contributed by atoms with Crippen molar-refractivity contribution in [3.63, 3.8) is 0 Å². The lowest BCUT2D eigenvalue weighted by atomic mass is 9.89. The lowest BCUT2D eigenvalue weighted by Gasteiger charge is -2.40. The molecule has 1 aromatic carbocycles. The van der Waals surface area contributed by atoms with Crippen LogP contribution in [0.15, 0.2) is 55.0 Å². The number of carbonyl (C=O) groups excluding carboxylic acids is 1. The Hall–Kier alpha value is -3.22. The zero-order valence-corrected chi connectivity index (χ0v) is 18.2. The first-order chi connectivity index (χ1) is 15.6. The number of pyridine rings is 2. The predicted octanol–water partition coefficient (Wildman–Crippen LogP) is 3.96. The molecular weight excluding hydrogens is 407 g/mol. The van der Waals surface area contributed by atoms with Crippen molar-refractivity contribution >= 4 is 22.5 Å². The van der Waals surface area contributed by atoms with Crippen molar-refractivity contribution in [1.29, 1.82) is 0 Å². The van der Waals surface area contributed by atoms with Gasteiger partial charge in [-0.25, -0.2) is 9.37 Å². The number of piperidine rings is 1. The summed E-state index contributed by atoms with van der Waals surface area (Å²) >= 11 is 0. The maximum atomic E-state index is 13.4. The molecule has 2 aliphatic heterocycles. The summed E-state index contributed by atoms with van der Waals surface area (Å²) < 4.78 is 19.7. The zero-order chi connectivity index (χ0) is 22.1. The van der Waals surface area contributed by atoms with Crippen molar-refractivity contribution in [2.75, 3.05) is 31.1 Å². The number of amides is 1. The minimum atomic E-state index is -1.44. The summed E-state index contributed by atoms with van der Waals surface area (Å²) in [5.74, 6) is 1.68. The number of anilines is 1. The number of hydrogen-bond acceptors (Lipinski definition) is 5. The summed E-state index contributed by atoms with van der Waals surface area (Å²) in [6.45, 7) is 4.01. The normalized spacial score (nSPS) is 18.4. The van der Waals surface area contributed by atoms with E-state index in [0.29, 0.717) is 13.1 Å². The third kappa shape index (κ3) is 4.11. The molecule has 0 aliphatic carbocycles. The first-order valence-corrected chi connectivity index (χ1v) is 11.2. The highest BCUT2D eigenvalue weighted by Gasteiger charge is 2.32.